The minimum absolute atomic E-state index is 0.0112. The summed E-state index contributed by atoms with van der Waals surface area (Å²) in [7, 11) is 0. The van der Waals surface area contributed by atoms with Gasteiger partial charge >= 0.3 is 6.18 Å². The van der Waals surface area contributed by atoms with E-state index in [1.54, 1.807) is 0 Å². The Bertz CT molecular complexity index is 651. The number of aliphatic hydroxyl groups is 1. The van der Waals surface area contributed by atoms with Crippen LogP contribution in [0, 0.1) is 11.6 Å². The number of benzene rings is 1. The first kappa shape index (κ1) is 16.4. The van der Waals surface area contributed by atoms with Crippen molar-refractivity contribution >= 4 is 0 Å². The van der Waals surface area contributed by atoms with E-state index in [2.05, 4.69) is 5.10 Å². The highest BCUT2D eigenvalue weighted by Gasteiger charge is 2.36. The molecule has 1 aromatic carbocycles. The molecule has 0 aliphatic heterocycles. The molecule has 0 saturated carbocycles. The number of alkyl halides is 3. The Morgan fingerprint density at radius 1 is 1.14 bits per heavy atom. The predicted molar refractivity (Wildman–Crippen MR) is 68.1 cm³/mol. The molecule has 0 saturated heterocycles. The van der Waals surface area contributed by atoms with Gasteiger partial charge in [0.1, 0.15) is 11.6 Å². The monoisotopic (exact) mass is 320 g/mol. The predicted octanol–water partition coefficient (Wildman–Crippen LogP) is 3.15. The number of aliphatic hydroxyl groups excluding tert-OH is 1. The highest BCUT2D eigenvalue weighted by molar-refractivity contribution is 5.23. The van der Waals surface area contributed by atoms with E-state index in [1.165, 1.54) is 6.20 Å². The third-order valence-corrected chi connectivity index (χ3v) is 3.06. The van der Waals surface area contributed by atoms with E-state index >= 15 is 0 Å². The largest absolute Gasteiger partial charge is 0.435 e. The van der Waals surface area contributed by atoms with Crippen LogP contribution in [0.1, 0.15) is 23.2 Å². The molecule has 0 fully saturated rings. The van der Waals surface area contributed by atoms with Gasteiger partial charge in [0, 0.05) is 30.0 Å². The Morgan fingerprint density at radius 2 is 1.86 bits per heavy atom. The van der Waals surface area contributed by atoms with Crippen LogP contribution in [0.25, 0.3) is 0 Å². The second kappa shape index (κ2) is 6.43. The van der Waals surface area contributed by atoms with Crippen LogP contribution in [0.4, 0.5) is 22.0 Å². The molecule has 0 unspecified atom stereocenters. The van der Waals surface area contributed by atoms with Gasteiger partial charge in [-0.1, -0.05) is 6.07 Å². The molecule has 0 radical (unpaired) electrons. The summed E-state index contributed by atoms with van der Waals surface area (Å²) in [4.78, 5) is 0. The van der Waals surface area contributed by atoms with E-state index in [9.17, 15) is 22.0 Å². The summed E-state index contributed by atoms with van der Waals surface area (Å²) in [5.74, 6) is -1.61. The van der Waals surface area contributed by atoms with Gasteiger partial charge in [-0.3, -0.25) is 4.68 Å². The van der Waals surface area contributed by atoms with Gasteiger partial charge in [0.2, 0.25) is 0 Å². The number of aromatic nitrogens is 2. The number of halogens is 5. The van der Waals surface area contributed by atoms with Crippen LogP contribution in [-0.4, -0.2) is 21.5 Å². The Morgan fingerprint density at radius 3 is 2.45 bits per heavy atom. The Hall–Kier alpha value is -1.96. The smallest absolute Gasteiger partial charge is 0.396 e. The van der Waals surface area contributed by atoms with Crippen molar-refractivity contribution in [1.82, 2.24) is 9.78 Å². The number of hydrogen-bond donors (Lipinski definition) is 1. The Kier molecular flexibility index (Phi) is 4.80. The summed E-state index contributed by atoms with van der Waals surface area (Å²) in [6.07, 6.45) is -3.28. The molecule has 3 nitrogen and oxygen atoms in total. The summed E-state index contributed by atoms with van der Waals surface area (Å²) in [5, 5.41) is 12.2. The number of hydrogen-bond acceptors (Lipinski definition) is 2. The van der Waals surface area contributed by atoms with Crippen molar-refractivity contribution in [3.05, 3.63) is 52.9 Å². The first-order chi connectivity index (χ1) is 10.3. The molecule has 8 heteroatoms. The summed E-state index contributed by atoms with van der Waals surface area (Å²) < 4.78 is 66.0. The zero-order valence-corrected chi connectivity index (χ0v) is 11.4. The molecule has 0 aliphatic rings. The van der Waals surface area contributed by atoms with E-state index in [4.69, 9.17) is 5.11 Å². The summed E-state index contributed by atoms with van der Waals surface area (Å²) in [5.41, 5.74) is -1.08. The van der Waals surface area contributed by atoms with Crippen LogP contribution >= 0.6 is 0 Å². The third-order valence-electron chi connectivity index (χ3n) is 3.06. The van der Waals surface area contributed by atoms with Crippen LogP contribution in [0.2, 0.25) is 0 Å². The van der Waals surface area contributed by atoms with E-state index in [0.717, 1.165) is 16.8 Å². The molecule has 0 spiro atoms. The molecular weight excluding hydrogens is 307 g/mol. The maximum Gasteiger partial charge on any atom is 0.435 e. The maximum absolute atomic E-state index is 13.5. The van der Waals surface area contributed by atoms with Gasteiger partial charge < -0.3 is 5.11 Å². The van der Waals surface area contributed by atoms with Gasteiger partial charge in [-0.05, 0) is 18.9 Å². The number of nitrogens with zero attached hydrogens (tertiary/aromatic N) is 2. The zero-order valence-electron chi connectivity index (χ0n) is 11.4. The fraction of sp³-hybridized carbons (Fsp3) is 0.357. The minimum atomic E-state index is -4.63. The molecule has 0 bridgehead atoms. The molecule has 0 aliphatic carbocycles. The van der Waals surface area contributed by atoms with E-state index in [-0.39, 0.29) is 37.1 Å². The highest BCUT2D eigenvalue weighted by Crippen LogP contribution is 2.31. The van der Waals surface area contributed by atoms with Crippen molar-refractivity contribution in [2.45, 2.75) is 25.6 Å². The first-order valence-corrected chi connectivity index (χ1v) is 6.49. The number of rotatable bonds is 5. The van der Waals surface area contributed by atoms with Crippen molar-refractivity contribution < 1.29 is 27.1 Å². The average molecular weight is 320 g/mol. The molecule has 2 rings (SSSR count). The lowest BCUT2D eigenvalue weighted by Crippen LogP contribution is -2.11. The van der Waals surface area contributed by atoms with E-state index in [0.29, 0.717) is 6.07 Å². The van der Waals surface area contributed by atoms with Crippen molar-refractivity contribution in [2.75, 3.05) is 6.61 Å². The fourth-order valence-electron chi connectivity index (χ4n) is 2.06. The second-order valence-electron chi connectivity index (χ2n) is 4.76. The number of aryl methyl sites for hydroxylation is 1. The first-order valence-electron chi connectivity index (χ1n) is 6.49. The van der Waals surface area contributed by atoms with Gasteiger partial charge in [-0.2, -0.15) is 18.3 Å². The second-order valence-corrected chi connectivity index (χ2v) is 4.76. The van der Waals surface area contributed by atoms with Gasteiger partial charge in [-0.15, -0.1) is 0 Å². The molecule has 120 valence electrons. The van der Waals surface area contributed by atoms with Gasteiger partial charge in [0.25, 0.3) is 0 Å². The topological polar surface area (TPSA) is 38.0 Å². The molecule has 1 N–H and O–H groups in total. The van der Waals surface area contributed by atoms with Crippen molar-refractivity contribution in [1.29, 1.82) is 0 Å². The lowest BCUT2D eigenvalue weighted by molar-refractivity contribution is -0.142. The molecule has 0 atom stereocenters. The van der Waals surface area contributed by atoms with E-state index in [1.807, 2.05) is 0 Å². The van der Waals surface area contributed by atoms with Crippen LogP contribution in [-0.2, 0) is 19.1 Å². The third kappa shape index (κ3) is 3.82. The van der Waals surface area contributed by atoms with Crippen LogP contribution in [0.15, 0.2) is 24.4 Å². The van der Waals surface area contributed by atoms with Gasteiger partial charge in [0.05, 0.1) is 6.54 Å². The minimum Gasteiger partial charge on any atom is -0.396 e. The van der Waals surface area contributed by atoms with Crippen LogP contribution < -0.4 is 0 Å². The molecular formula is C14H13F5N2O. The molecule has 1 aromatic heterocycles. The lowest BCUT2D eigenvalue weighted by Gasteiger charge is -2.05. The van der Waals surface area contributed by atoms with E-state index < -0.39 is 23.5 Å². The van der Waals surface area contributed by atoms with Gasteiger partial charge in [0.15, 0.2) is 5.69 Å². The summed E-state index contributed by atoms with van der Waals surface area (Å²) >= 11 is 0. The fourth-order valence-corrected chi connectivity index (χ4v) is 2.06. The van der Waals surface area contributed by atoms with Crippen molar-refractivity contribution in [2.24, 2.45) is 0 Å². The Balaban J connectivity index is 2.29. The van der Waals surface area contributed by atoms with Crippen LogP contribution in [0.5, 0.6) is 0 Å². The zero-order chi connectivity index (χ0) is 16.3. The standard InChI is InChI=1S/C14H13F5N2O/c15-11-4-3-9(12(16)6-11)7-21-8-10(2-1-5-22)13(20-21)14(17,18)19/h3-4,6,8,22H,1-2,5,7H2. The average Bonchev–Trinajstić information content (AvgIpc) is 2.83. The SMILES string of the molecule is OCCCc1cn(Cc2ccc(F)cc2F)nc1C(F)(F)F. The summed E-state index contributed by atoms with van der Waals surface area (Å²) in [6.45, 7) is -0.483. The van der Waals surface area contributed by atoms with Gasteiger partial charge in [-0.25, -0.2) is 8.78 Å². The van der Waals surface area contributed by atoms with Crippen molar-refractivity contribution in [3.63, 3.8) is 0 Å². The maximum atomic E-state index is 13.5. The molecule has 22 heavy (non-hydrogen) atoms. The highest BCUT2D eigenvalue weighted by atomic mass is 19.4. The molecule has 1 heterocycles. The quantitative estimate of drug-likeness (QED) is 0.860. The lowest BCUT2D eigenvalue weighted by atomic mass is 10.1. The van der Waals surface area contributed by atoms with Crippen molar-refractivity contribution in [3.8, 4) is 0 Å². The normalized spacial score (nSPS) is 11.9. The van der Waals surface area contributed by atoms with Crippen LogP contribution in [0.3, 0.4) is 0 Å². The molecule has 2 aromatic rings. The molecule has 0 amide bonds. The Labute approximate surface area is 123 Å². The summed E-state index contributed by atoms with van der Waals surface area (Å²) in [6, 6.07) is 2.85.